The molecule has 2 aromatic carbocycles. The molecule has 0 heterocycles. The van der Waals surface area contributed by atoms with E-state index in [1.54, 1.807) is 0 Å². The fourth-order valence-corrected chi connectivity index (χ4v) is 3.84. The van der Waals surface area contributed by atoms with Gasteiger partial charge in [-0.2, -0.15) is 5.26 Å². The predicted molar refractivity (Wildman–Crippen MR) is 102 cm³/mol. The Kier molecular flexibility index (Phi) is 6.12. The molecule has 1 aliphatic carbocycles. The molecular formula is C23H27NO. The number of hydrogen-bond acceptors (Lipinski definition) is 2. The van der Waals surface area contributed by atoms with Crippen LogP contribution in [0.2, 0.25) is 0 Å². The smallest absolute Gasteiger partial charge is 0.119 e. The first-order valence-corrected chi connectivity index (χ1v) is 9.49. The molecule has 0 bridgehead atoms. The zero-order valence-electron chi connectivity index (χ0n) is 15.1. The molecule has 1 fully saturated rings. The third-order valence-electron chi connectivity index (χ3n) is 5.48. The maximum Gasteiger partial charge on any atom is 0.119 e. The highest BCUT2D eigenvalue weighted by atomic mass is 16.5. The largest absolute Gasteiger partial charge is 0.494 e. The highest BCUT2D eigenvalue weighted by Gasteiger charge is 2.20. The van der Waals surface area contributed by atoms with Crippen LogP contribution < -0.4 is 4.74 Å². The molecule has 0 amide bonds. The number of nitrogens with zero attached hydrogens (tertiary/aromatic N) is 1. The Hall–Kier alpha value is -2.27. The zero-order chi connectivity index (χ0) is 17.5. The number of rotatable bonds is 6. The van der Waals surface area contributed by atoms with E-state index < -0.39 is 0 Å². The van der Waals surface area contributed by atoms with Gasteiger partial charge in [0.1, 0.15) is 5.75 Å². The van der Waals surface area contributed by atoms with E-state index in [4.69, 9.17) is 10.00 Å². The van der Waals surface area contributed by atoms with Gasteiger partial charge in [-0.1, -0.05) is 56.9 Å². The fraction of sp³-hybridized carbons (Fsp3) is 0.435. The Bertz CT molecular complexity index is 696. The van der Waals surface area contributed by atoms with Gasteiger partial charge < -0.3 is 4.74 Å². The van der Waals surface area contributed by atoms with Gasteiger partial charge in [-0.25, -0.2) is 0 Å². The SMILES string of the molecule is CC1CCCCC1CCCOc1ccc(-c2ccc(C#N)cc2)cc1. The number of hydrogen-bond donors (Lipinski definition) is 0. The average Bonchev–Trinajstić information content (AvgIpc) is 2.67. The van der Waals surface area contributed by atoms with Crippen molar-refractivity contribution >= 4 is 0 Å². The minimum Gasteiger partial charge on any atom is -0.494 e. The Morgan fingerprint density at radius 2 is 1.60 bits per heavy atom. The molecule has 0 radical (unpaired) electrons. The monoisotopic (exact) mass is 333 g/mol. The first-order chi connectivity index (χ1) is 12.3. The van der Waals surface area contributed by atoms with E-state index >= 15 is 0 Å². The summed E-state index contributed by atoms with van der Waals surface area (Å²) < 4.78 is 5.92. The second kappa shape index (κ2) is 8.72. The van der Waals surface area contributed by atoms with Crippen molar-refractivity contribution in [2.45, 2.75) is 45.4 Å². The van der Waals surface area contributed by atoms with Crippen molar-refractivity contribution in [3.8, 4) is 22.9 Å². The normalized spacial score (nSPS) is 20.0. The third-order valence-corrected chi connectivity index (χ3v) is 5.48. The Balaban J connectivity index is 1.46. The highest BCUT2D eigenvalue weighted by Crippen LogP contribution is 2.32. The molecule has 2 unspecified atom stereocenters. The molecule has 2 nitrogen and oxygen atoms in total. The van der Waals surface area contributed by atoms with Gasteiger partial charge in [0.25, 0.3) is 0 Å². The molecular weight excluding hydrogens is 306 g/mol. The quantitative estimate of drug-likeness (QED) is 0.589. The fourth-order valence-electron chi connectivity index (χ4n) is 3.84. The third kappa shape index (κ3) is 4.86. The Morgan fingerprint density at radius 3 is 2.24 bits per heavy atom. The van der Waals surface area contributed by atoms with Crippen molar-refractivity contribution in [3.05, 3.63) is 54.1 Å². The molecule has 0 N–H and O–H groups in total. The number of nitriles is 1. The molecule has 0 aliphatic heterocycles. The highest BCUT2D eigenvalue weighted by molar-refractivity contribution is 5.64. The lowest BCUT2D eigenvalue weighted by molar-refractivity contribution is 0.217. The summed E-state index contributed by atoms with van der Waals surface area (Å²) >= 11 is 0. The molecule has 1 saturated carbocycles. The van der Waals surface area contributed by atoms with Crippen LogP contribution >= 0.6 is 0 Å². The molecule has 0 spiro atoms. The summed E-state index contributed by atoms with van der Waals surface area (Å²) in [6.45, 7) is 3.21. The van der Waals surface area contributed by atoms with E-state index in [-0.39, 0.29) is 0 Å². The van der Waals surface area contributed by atoms with Crippen molar-refractivity contribution in [2.24, 2.45) is 11.8 Å². The van der Waals surface area contributed by atoms with E-state index in [0.717, 1.165) is 41.7 Å². The second-order valence-electron chi connectivity index (χ2n) is 7.23. The molecule has 2 aromatic rings. The van der Waals surface area contributed by atoms with E-state index in [2.05, 4.69) is 25.1 Å². The van der Waals surface area contributed by atoms with Crippen LogP contribution in [0.15, 0.2) is 48.5 Å². The number of benzene rings is 2. The molecule has 130 valence electrons. The van der Waals surface area contributed by atoms with E-state index in [0.29, 0.717) is 5.56 Å². The Morgan fingerprint density at radius 1 is 0.960 bits per heavy atom. The maximum absolute atomic E-state index is 8.87. The lowest BCUT2D eigenvalue weighted by Gasteiger charge is -2.28. The van der Waals surface area contributed by atoms with Crippen molar-refractivity contribution < 1.29 is 4.74 Å². The standard InChI is InChI=1S/C23H27NO/c1-18-5-2-3-6-20(18)7-4-16-25-23-14-12-22(13-15-23)21-10-8-19(17-24)9-11-21/h8-15,18,20H,2-7,16H2,1H3. The van der Waals surface area contributed by atoms with Crippen LogP contribution in [0.5, 0.6) is 5.75 Å². The van der Waals surface area contributed by atoms with Gasteiger partial charge >= 0.3 is 0 Å². The van der Waals surface area contributed by atoms with Crippen LogP contribution in [0.25, 0.3) is 11.1 Å². The van der Waals surface area contributed by atoms with Crippen molar-refractivity contribution in [3.63, 3.8) is 0 Å². The van der Waals surface area contributed by atoms with Crippen LogP contribution in [-0.4, -0.2) is 6.61 Å². The van der Waals surface area contributed by atoms with Gasteiger partial charge in [-0.15, -0.1) is 0 Å². The van der Waals surface area contributed by atoms with Crippen molar-refractivity contribution in [1.29, 1.82) is 5.26 Å². The molecule has 1 aliphatic rings. The average molecular weight is 333 g/mol. The lowest BCUT2D eigenvalue weighted by atomic mass is 9.78. The summed E-state index contributed by atoms with van der Waals surface area (Å²) in [5, 5.41) is 8.87. The predicted octanol–water partition coefficient (Wildman–Crippen LogP) is 6.21. The number of ether oxygens (including phenoxy) is 1. The van der Waals surface area contributed by atoms with Gasteiger partial charge in [-0.3, -0.25) is 0 Å². The molecule has 0 aromatic heterocycles. The Labute approximate surface area is 151 Å². The summed E-state index contributed by atoms with van der Waals surface area (Å²) in [6.07, 6.45) is 8.08. The minimum absolute atomic E-state index is 0.691. The molecule has 2 heteroatoms. The van der Waals surface area contributed by atoms with Gasteiger partial charge in [0.05, 0.1) is 18.2 Å². The molecule has 25 heavy (non-hydrogen) atoms. The van der Waals surface area contributed by atoms with Crippen LogP contribution in [0, 0.1) is 23.2 Å². The molecule has 3 rings (SSSR count). The van der Waals surface area contributed by atoms with Crippen LogP contribution in [0.1, 0.15) is 51.0 Å². The van der Waals surface area contributed by atoms with Crippen molar-refractivity contribution in [2.75, 3.05) is 6.61 Å². The van der Waals surface area contributed by atoms with Gasteiger partial charge in [0, 0.05) is 0 Å². The zero-order valence-corrected chi connectivity index (χ0v) is 15.1. The maximum atomic E-state index is 8.87. The second-order valence-corrected chi connectivity index (χ2v) is 7.23. The molecule has 0 saturated heterocycles. The minimum atomic E-state index is 0.691. The lowest BCUT2D eigenvalue weighted by Crippen LogP contribution is -2.17. The van der Waals surface area contributed by atoms with E-state index in [1.807, 2.05) is 36.4 Å². The topological polar surface area (TPSA) is 33.0 Å². The first-order valence-electron chi connectivity index (χ1n) is 9.49. The summed E-state index contributed by atoms with van der Waals surface area (Å²) in [7, 11) is 0. The van der Waals surface area contributed by atoms with Gasteiger partial charge in [0.2, 0.25) is 0 Å². The first kappa shape index (κ1) is 17.5. The van der Waals surface area contributed by atoms with Gasteiger partial charge in [0.15, 0.2) is 0 Å². The van der Waals surface area contributed by atoms with Crippen molar-refractivity contribution in [1.82, 2.24) is 0 Å². The van der Waals surface area contributed by atoms with E-state index in [1.165, 1.54) is 32.1 Å². The van der Waals surface area contributed by atoms with Gasteiger partial charge in [-0.05, 0) is 60.1 Å². The summed E-state index contributed by atoms with van der Waals surface area (Å²) in [6, 6.07) is 18.1. The van der Waals surface area contributed by atoms with E-state index in [9.17, 15) is 0 Å². The summed E-state index contributed by atoms with van der Waals surface area (Å²) in [5.41, 5.74) is 2.96. The summed E-state index contributed by atoms with van der Waals surface area (Å²) in [4.78, 5) is 0. The van der Waals surface area contributed by atoms with Crippen LogP contribution in [0.3, 0.4) is 0 Å². The summed E-state index contributed by atoms with van der Waals surface area (Å²) in [5.74, 6) is 2.73. The van der Waals surface area contributed by atoms with Crippen LogP contribution in [0.4, 0.5) is 0 Å². The van der Waals surface area contributed by atoms with Crippen LogP contribution in [-0.2, 0) is 0 Å². The molecule has 2 atom stereocenters.